The molecule has 0 saturated carbocycles. The number of rotatable bonds is 3. The molecule has 1 saturated heterocycles. The lowest BCUT2D eigenvalue weighted by Crippen LogP contribution is -2.61. The van der Waals surface area contributed by atoms with E-state index in [2.05, 4.69) is 5.32 Å². The lowest BCUT2D eigenvalue weighted by atomic mass is 9.97. The van der Waals surface area contributed by atoms with Gasteiger partial charge in [0.15, 0.2) is 6.29 Å². The third kappa shape index (κ3) is 3.02. The molecule has 130 valence electrons. The summed E-state index contributed by atoms with van der Waals surface area (Å²) in [6.45, 7) is 1.13. The summed E-state index contributed by atoms with van der Waals surface area (Å²) in [7, 11) is 0. The van der Waals surface area contributed by atoms with Crippen molar-refractivity contribution in [2.24, 2.45) is 0 Å². The first-order valence-electron chi connectivity index (χ1n) is 7.52. The van der Waals surface area contributed by atoms with Gasteiger partial charge >= 0.3 is 5.63 Å². The van der Waals surface area contributed by atoms with Crippen LogP contribution in [0.3, 0.4) is 0 Å². The number of nitrogens with one attached hydrogen (secondary N) is 1. The summed E-state index contributed by atoms with van der Waals surface area (Å²) >= 11 is 0. The Kier molecular flexibility index (Phi) is 4.57. The molecule has 1 aromatic carbocycles. The summed E-state index contributed by atoms with van der Waals surface area (Å²) in [5.41, 5.74) is 0.871. The second-order valence-corrected chi connectivity index (χ2v) is 5.87. The third-order valence-corrected chi connectivity index (χ3v) is 4.14. The normalized spacial score (nSPS) is 30.5. The molecule has 5 atom stereocenters. The van der Waals surface area contributed by atoms with Crippen molar-refractivity contribution < 1.29 is 29.6 Å². The summed E-state index contributed by atoms with van der Waals surface area (Å²) in [6, 6.07) is 5.65. The number of anilines is 1. The summed E-state index contributed by atoms with van der Waals surface area (Å²) < 4.78 is 10.3. The van der Waals surface area contributed by atoms with Crippen LogP contribution >= 0.6 is 0 Å². The van der Waals surface area contributed by atoms with Gasteiger partial charge in [-0.05, 0) is 25.1 Å². The molecule has 4 unspecified atom stereocenters. The van der Waals surface area contributed by atoms with Gasteiger partial charge in [0.1, 0.15) is 29.9 Å². The van der Waals surface area contributed by atoms with Gasteiger partial charge in [0.2, 0.25) is 0 Å². The monoisotopic (exact) mass is 337 g/mol. The van der Waals surface area contributed by atoms with E-state index in [0.29, 0.717) is 16.8 Å². The zero-order chi connectivity index (χ0) is 17.4. The Balaban J connectivity index is 1.86. The highest BCUT2D eigenvalue weighted by atomic mass is 16.6. The van der Waals surface area contributed by atoms with Crippen LogP contribution in [0.1, 0.15) is 5.56 Å². The van der Waals surface area contributed by atoms with Gasteiger partial charge in [0, 0.05) is 22.7 Å². The van der Waals surface area contributed by atoms with Crippen molar-refractivity contribution in [2.45, 2.75) is 37.6 Å². The third-order valence-electron chi connectivity index (χ3n) is 4.14. The lowest BCUT2D eigenvalue weighted by Gasteiger charge is -2.40. The molecule has 1 aliphatic rings. The van der Waals surface area contributed by atoms with E-state index in [1.54, 1.807) is 31.2 Å². The fourth-order valence-electron chi connectivity index (χ4n) is 2.75. The molecule has 0 aliphatic carbocycles. The van der Waals surface area contributed by atoms with Gasteiger partial charge in [0.25, 0.3) is 0 Å². The first-order chi connectivity index (χ1) is 11.4. The van der Waals surface area contributed by atoms with Crippen molar-refractivity contribution in [3.05, 3.63) is 40.2 Å². The molecule has 24 heavy (non-hydrogen) atoms. The molecule has 5 N–H and O–H groups in total. The van der Waals surface area contributed by atoms with E-state index >= 15 is 0 Å². The zero-order valence-corrected chi connectivity index (χ0v) is 12.9. The van der Waals surface area contributed by atoms with Gasteiger partial charge in [-0.1, -0.05) is 0 Å². The Morgan fingerprint density at radius 3 is 2.62 bits per heavy atom. The molecule has 3 rings (SSSR count). The largest absolute Gasteiger partial charge is 0.422 e. The maximum atomic E-state index is 11.6. The van der Waals surface area contributed by atoms with Crippen LogP contribution in [0.2, 0.25) is 0 Å². The highest BCUT2D eigenvalue weighted by Crippen LogP contribution is 2.25. The molecule has 0 amide bonds. The maximum Gasteiger partial charge on any atom is 0.339 e. The minimum atomic E-state index is -1.43. The Morgan fingerprint density at radius 1 is 1.17 bits per heavy atom. The average Bonchev–Trinajstić information content (AvgIpc) is 2.56. The number of aliphatic hydroxyl groups is 4. The number of hydrogen-bond acceptors (Lipinski definition) is 8. The number of hydrogen-bond donors (Lipinski definition) is 5. The number of fused-ring (bicyclic) bond motifs is 1. The van der Waals surface area contributed by atoms with Crippen LogP contribution in [0.5, 0.6) is 0 Å². The van der Waals surface area contributed by atoms with Crippen LogP contribution in [0.25, 0.3) is 11.0 Å². The van der Waals surface area contributed by atoms with Gasteiger partial charge in [-0.25, -0.2) is 4.79 Å². The summed E-state index contributed by atoms with van der Waals surface area (Å²) in [5.74, 6) is 0. The van der Waals surface area contributed by atoms with Crippen molar-refractivity contribution in [3.63, 3.8) is 0 Å². The van der Waals surface area contributed by atoms with Crippen molar-refractivity contribution in [2.75, 3.05) is 11.9 Å². The van der Waals surface area contributed by atoms with Gasteiger partial charge < -0.3 is 34.9 Å². The van der Waals surface area contributed by atoms with E-state index in [0.717, 1.165) is 5.39 Å². The van der Waals surface area contributed by atoms with Gasteiger partial charge in [-0.2, -0.15) is 0 Å². The SMILES string of the molecule is Cc1cc2ccc(NC3C(O)OC(CO)[C@@H](O)C3O)cc2oc1=O. The predicted octanol–water partition coefficient (Wildman–Crippen LogP) is -0.687. The van der Waals surface area contributed by atoms with Crippen molar-refractivity contribution in [3.8, 4) is 0 Å². The van der Waals surface area contributed by atoms with E-state index in [1.807, 2.05) is 0 Å². The predicted molar refractivity (Wildman–Crippen MR) is 84.6 cm³/mol. The van der Waals surface area contributed by atoms with E-state index in [-0.39, 0.29) is 0 Å². The number of ether oxygens (including phenoxy) is 1. The molecule has 8 heteroatoms. The first-order valence-corrected chi connectivity index (χ1v) is 7.52. The first kappa shape index (κ1) is 16.9. The summed E-state index contributed by atoms with van der Waals surface area (Å²) in [6.07, 6.45) is -5.20. The fraction of sp³-hybridized carbons (Fsp3) is 0.438. The topological polar surface area (TPSA) is 132 Å². The quantitative estimate of drug-likeness (QED) is 0.465. The van der Waals surface area contributed by atoms with Crippen LogP contribution < -0.4 is 10.9 Å². The van der Waals surface area contributed by atoms with Crippen LogP contribution in [-0.4, -0.2) is 57.7 Å². The molecule has 0 spiro atoms. The van der Waals surface area contributed by atoms with Crippen LogP contribution in [-0.2, 0) is 4.74 Å². The van der Waals surface area contributed by atoms with Crippen LogP contribution in [0.4, 0.5) is 5.69 Å². The molecular weight excluding hydrogens is 318 g/mol. The lowest BCUT2D eigenvalue weighted by molar-refractivity contribution is -0.245. The smallest absolute Gasteiger partial charge is 0.339 e. The molecule has 0 bridgehead atoms. The molecule has 1 aromatic heterocycles. The number of aryl methyl sites for hydroxylation is 1. The van der Waals surface area contributed by atoms with Gasteiger partial charge in [-0.15, -0.1) is 0 Å². The number of aliphatic hydroxyl groups excluding tert-OH is 4. The minimum absolute atomic E-state index is 0.352. The minimum Gasteiger partial charge on any atom is -0.422 e. The van der Waals surface area contributed by atoms with Crippen molar-refractivity contribution in [1.29, 1.82) is 0 Å². The molecule has 1 aliphatic heterocycles. The van der Waals surface area contributed by atoms with E-state index < -0.39 is 42.9 Å². The standard InChI is InChI=1S/C16H19NO7/c1-7-4-8-2-3-9(5-10(8)23-15(7)21)17-12-14(20)13(19)11(6-18)24-16(12)22/h2-5,11-14,16-20,22H,6H2,1H3/t11?,12?,13-,14?,16?/m1/s1. The van der Waals surface area contributed by atoms with Crippen molar-refractivity contribution in [1.82, 2.24) is 0 Å². The average molecular weight is 337 g/mol. The second kappa shape index (κ2) is 6.50. The van der Waals surface area contributed by atoms with Gasteiger partial charge in [0.05, 0.1) is 6.61 Å². The van der Waals surface area contributed by atoms with Crippen LogP contribution in [0.15, 0.2) is 33.5 Å². The Labute approximate surface area is 136 Å². The highest BCUT2D eigenvalue weighted by molar-refractivity contribution is 5.80. The van der Waals surface area contributed by atoms with Crippen molar-refractivity contribution >= 4 is 16.7 Å². The zero-order valence-electron chi connectivity index (χ0n) is 12.9. The molecule has 2 aromatic rings. The maximum absolute atomic E-state index is 11.6. The summed E-state index contributed by atoms with van der Waals surface area (Å²) in [4.78, 5) is 11.6. The van der Waals surface area contributed by atoms with E-state index in [1.165, 1.54) is 0 Å². The van der Waals surface area contributed by atoms with E-state index in [4.69, 9.17) is 14.3 Å². The fourth-order valence-corrected chi connectivity index (χ4v) is 2.75. The molecular formula is C16H19NO7. The Hall–Kier alpha value is -1.97. The van der Waals surface area contributed by atoms with Gasteiger partial charge in [-0.3, -0.25) is 0 Å². The second-order valence-electron chi connectivity index (χ2n) is 5.87. The summed E-state index contributed by atoms with van der Waals surface area (Å²) in [5, 5.41) is 42.7. The van der Waals surface area contributed by atoms with Crippen LogP contribution in [0, 0.1) is 6.92 Å². The molecule has 0 radical (unpaired) electrons. The Morgan fingerprint density at radius 2 is 1.92 bits per heavy atom. The molecule has 8 nitrogen and oxygen atoms in total. The highest BCUT2D eigenvalue weighted by Gasteiger charge is 2.43. The molecule has 1 fully saturated rings. The molecule has 2 heterocycles. The number of benzene rings is 1. The van der Waals surface area contributed by atoms with E-state index in [9.17, 15) is 20.1 Å². The Bertz CT molecular complexity index is 790.